The third-order valence-electron chi connectivity index (χ3n) is 1.26. The predicted octanol–water partition coefficient (Wildman–Crippen LogP) is 1.42. The molecule has 1 aliphatic carbocycles. The van der Waals surface area contributed by atoms with Gasteiger partial charge in [0.25, 0.3) is 0 Å². The fourth-order valence-corrected chi connectivity index (χ4v) is 0.687. The minimum atomic E-state index is 0.468. The van der Waals surface area contributed by atoms with Gasteiger partial charge >= 0.3 is 5.71 Å². The Balaban J connectivity index is 2.82. The van der Waals surface area contributed by atoms with Crippen molar-refractivity contribution in [1.29, 1.82) is 0 Å². The second-order valence-electron chi connectivity index (χ2n) is 2.10. The first-order valence-corrected chi connectivity index (χ1v) is 2.91. The average Bonchev–Trinajstić information content (AvgIpc) is 1.90. The largest absolute Gasteiger partial charge is 0.361 e. The molecule has 1 aliphatic rings. The summed E-state index contributed by atoms with van der Waals surface area (Å²) in [7, 11) is 0. The quantitative estimate of drug-likeness (QED) is 0.342. The first-order valence-electron chi connectivity index (χ1n) is 2.91. The standard InChI is InChI=1S/C7H8N2/c1-6-2-4-7(9-8)5-3-6/h2-6H,1H3. The summed E-state index contributed by atoms with van der Waals surface area (Å²) < 4.78 is 0. The maximum atomic E-state index is 8.26. The summed E-state index contributed by atoms with van der Waals surface area (Å²) in [4.78, 5) is 3.02. The van der Waals surface area contributed by atoms with Gasteiger partial charge in [0.05, 0.1) is 0 Å². The van der Waals surface area contributed by atoms with E-state index in [0.717, 1.165) is 0 Å². The summed E-state index contributed by atoms with van der Waals surface area (Å²) in [5, 5.41) is 0. The zero-order valence-electron chi connectivity index (χ0n) is 5.28. The molecule has 0 aliphatic heterocycles. The molecule has 0 fully saturated rings. The van der Waals surface area contributed by atoms with Crippen LogP contribution < -0.4 is 0 Å². The lowest BCUT2D eigenvalue weighted by molar-refractivity contribution is -0.00167. The van der Waals surface area contributed by atoms with E-state index >= 15 is 0 Å². The molecular weight excluding hydrogens is 112 g/mol. The summed E-state index contributed by atoms with van der Waals surface area (Å²) in [5.74, 6) is 0.468. The number of rotatable bonds is 0. The molecule has 0 aromatic carbocycles. The Morgan fingerprint density at radius 1 is 1.44 bits per heavy atom. The van der Waals surface area contributed by atoms with Crippen molar-refractivity contribution in [3.05, 3.63) is 29.8 Å². The van der Waals surface area contributed by atoms with Gasteiger partial charge in [-0.1, -0.05) is 19.1 Å². The Morgan fingerprint density at radius 3 is 2.44 bits per heavy atom. The molecular formula is C7H8N2. The molecule has 0 saturated carbocycles. The third kappa shape index (κ3) is 1.37. The summed E-state index contributed by atoms with van der Waals surface area (Å²) in [6, 6.07) is 0. The van der Waals surface area contributed by atoms with Crippen LogP contribution in [0, 0.1) is 5.92 Å². The van der Waals surface area contributed by atoms with Crippen LogP contribution >= 0.6 is 0 Å². The van der Waals surface area contributed by atoms with E-state index < -0.39 is 0 Å². The third-order valence-corrected chi connectivity index (χ3v) is 1.26. The first-order chi connectivity index (χ1) is 4.33. The zero-order chi connectivity index (χ0) is 6.69. The molecule has 2 heteroatoms. The highest BCUT2D eigenvalue weighted by atomic mass is 14.8. The molecule has 0 heterocycles. The van der Waals surface area contributed by atoms with Crippen LogP contribution in [0.3, 0.4) is 0 Å². The first kappa shape index (κ1) is 5.99. The summed E-state index contributed by atoms with van der Waals surface area (Å²) in [6.45, 7) is 2.07. The topological polar surface area (TPSA) is 36.4 Å². The lowest BCUT2D eigenvalue weighted by Gasteiger charge is -1.97. The predicted molar refractivity (Wildman–Crippen MR) is 36.1 cm³/mol. The Kier molecular flexibility index (Phi) is 1.61. The summed E-state index contributed by atoms with van der Waals surface area (Å²) >= 11 is 0. The van der Waals surface area contributed by atoms with Crippen molar-refractivity contribution in [2.75, 3.05) is 0 Å². The van der Waals surface area contributed by atoms with E-state index in [-0.39, 0.29) is 0 Å². The van der Waals surface area contributed by atoms with Gasteiger partial charge in [0.1, 0.15) is 0 Å². The maximum absolute atomic E-state index is 8.26. The maximum Gasteiger partial charge on any atom is 0.314 e. The highest BCUT2D eigenvalue weighted by Gasteiger charge is 2.03. The SMILES string of the molecule is CC1C=CC(=[N+]=[N-])C=C1. The normalized spacial score (nSPS) is 24.1. The number of hydrogen-bond acceptors (Lipinski definition) is 0. The van der Waals surface area contributed by atoms with Crippen LogP contribution in [0.2, 0.25) is 0 Å². The van der Waals surface area contributed by atoms with Crippen LogP contribution in [0.4, 0.5) is 0 Å². The van der Waals surface area contributed by atoms with Crippen molar-refractivity contribution in [3.63, 3.8) is 0 Å². The van der Waals surface area contributed by atoms with Crippen molar-refractivity contribution in [1.82, 2.24) is 0 Å². The highest BCUT2D eigenvalue weighted by Crippen LogP contribution is 2.04. The molecule has 0 unspecified atom stereocenters. The van der Waals surface area contributed by atoms with E-state index in [4.69, 9.17) is 5.53 Å². The van der Waals surface area contributed by atoms with E-state index in [2.05, 4.69) is 11.7 Å². The molecule has 0 bridgehead atoms. The molecule has 2 nitrogen and oxygen atoms in total. The van der Waals surface area contributed by atoms with Crippen LogP contribution in [0.1, 0.15) is 6.92 Å². The molecule has 1 rings (SSSR count). The van der Waals surface area contributed by atoms with Crippen LogP contribution in [-0.2, 0) is 0 Å². The summed E-state index contributed by atoms with van der Waals surface area (Å²) in [6.07, 6.45) is 7.56. The molecule has 0 aromatic rings. The molecule has 0 N–H and O–H groups in total. The van der Waals surface area contributed by atoms with Crippen LogP contribution in [0.25, 0.3) is 5.53 Å². The van der Waals surface area contributed by atoms with E-state index in [1.807, 2.05) is 12.2 Å². The second-order valence-corrected chi connectivity index (χ2v) is 2.10. The van der Waals surface area contributed by atoms with Crippen molar-refractivity contribution >= 4 is 5.71 Å². The van der Waals surface area contributed by atoms with Gasteiger partial charge in [0.15, 0.2) is 0 Å². The van der Waals surface area contributed by atoms with Crippen LogP contribution in [0.15, 0.2) is 24.3 Å². The molecule has 0 aromatic heterocycles. The van der Waals surface area contributed by atoms with Crippen LogP contribution in [-0.4, -0.2) is 10.5 Å². The van der Waals surface area contributed by atoms with E-state index in [1.165, 1.54) is 0 Å². The van der Waals surface area contributed by atoms with Crippen molar-refractivity contribution < 1.29 is 4.79 Å². The van der Waals surface area contributed by atoms with Gasteiger partial charge in [-0.25, -0.2) is 0 Å². The minimum absolute atomic E-state index is 0.468. The molecule has 46 valence electrons. The van der Waals surface area contributed by atoms with E-state index in [1.54, 1.807) is 12.2 Å². The second kappa shape index (κ2) is 2.42. The number of allylic oxidation sites excluding steroid dienone is 4. The number of nitrogens with zero attached hydrogens (tertiary/aromatic N) is 2. The molecule has 0 amide bonds. The Morgan fingerprint density at radius 2 is 2.00 bits per heavy atom. The van der Waals surface area contributed by atoms with Crippen molar-refractivity contribution in [2.24, 2.45) is 5.92 Å². The van der Waals surface area contributed by atoms with E-state index in [9.17, 15) is 0 Å². The van der Waals surface area contributed by atoms with Gasteiger partial charge in [-0.15, -0.1) is 0 Å². The molecule has 0 radical (unpaired) electrons. The smallest absolute Gasteiger partial charge is 0.314 e. The van der Waals surface area contributed by atoms with Gasteiger partial charge in [-0.3, -0.25) is 0 Å². The average molecular weight is 120 g/mol. The monoisotopic (exact) mass is 120 g/mol. The highest BCUT2D eigenvalue weighted by molar-refractivity contribution is 6.00. The minimum Gasteiger partial charge on any atom is -0.361 e. The lowest BCUT2D eigenvalue weighted by atomic mass is 10.1. The van der Waals surface area contributed by atoms with Gasteiger partial charge in [0, 0.05) is 12.2 Å². The molecule has 0 atom stereocenters. The van der Waals surface area contributed by atoms with Crippen molar-refractivity contribution in [2.45, 2.75) is 6.92 Å². The molecule has 0 spiro atoms. The van der Waals surface area contributed by atoms with Gasteiger partial charge in [-0.05, 0) is 5.92 Å². The Bertz CT molecular complexity index is 191. The summed E-state index contributed by atoms with van der Waals surface area (Å²) in [5.41, 5.74) is 8.88. The van der Waals surface area contributed by atoms with Gasteiger partial charge in [0.2, 0.25) is 0 Å². The molecule has 9 heavy (non-hydrogen) atoms. The fourth-order valence-electron chi connectivity index (χ4n) is 0.687. The van der Waals surface area contributed by atoms with Gasteiger partial charge in [-0.2, -0.15) is 4.79 Å². The lowest BCUT2D eigenvalue weighted by Crippen LogP contribution is -1.97. The van der Waals surface area contributed by atoms with Gasteiger partial charge < -0.3 is 5.53 Å². The fraction of sp³-hybridized carbons (Fsp3) is 0.286. The Hall–Kier alpha value is -1.14. The van der Waals surface area contributed by atoms with Crippen LogP contribution in [0.5, 0.6) is 0 Å². The van der Waals surface area contributed by atoms with Crippen molar-refractivity contribution in [3.8, 4) is 0 Å². The number of hydrogen-bond donors (Lipinski definition) is 0. The van der Waals surface area contributed by atoms with E-state index in [0.29, 0.717) is 11.6 Å². The zero-order valence-corrected chi connectivity index (χ0v) is 5.28. The molecule has 0 saturated heterocycles. The Labute approximate surface area is 54.1 Å².